The van der Waals surface area contributed by atoms with Crippen LogP contribution in [0.1, 0.15) is 13.3 Å². The van der Waals surface area contributed by atoms with E-state index in [1.54, 1.807) is 0 Å². The Morgan fingerprint density at radius 2 is 2.22 bits per heavy atom. The fourth-order valence-electron chi connectivity index (χ4n) is 1.12. The van der Waals surface area contributed by atoms with Crippen LogP contribution in [0.15, 0.2) is 12.2 Å². The molecule has 0 heterocycles. The minimum Gasteiger partial charge on any atom is -0.396 e. The van der Waals surface area contributed by atoms with Crippen LogP contribution in [-0.2, 0) is 32.7 Å². The van der Waals surface area contributed by atoms with E-state index >= 15 is 0 Å². The van der Waals surface area contributed by atoms with Crippen LogP contribution in [0.25, 0.3) is 0 Å². The van der Waals surface area contributed by atoms with Crippen molar-refractivity contribution in [2.75, 3.05) is 6.61 Å². The van der Waals surface area contributed by atoms with Gasteiger partial charge in [-0.15, -0.1) is 0 Å². The van der Waals surface area contributed by atoms with Gasteiger partial charge in [0.2, 0.25) is 0 Å². The third-order valence-corrected chi connectivity index (χ3v) is 1.62. The summed E-state index contributed by atoms with van der Waals surface area (Å²) in [4.78, 5) is 0. The van der Waals surface area contributed by atoms with Gasteiger partial charge in [-0.1, -0.05) is 19.1 Å². The molecule has 0 aliphatic heterocycles. The minimum atomic E-state index is 0. The van der Waals surface area contributed by atoms with Gasteiger partial charge < -0.3 is 5.11 Å². The third kappa shape index (κ3) is 2.93. The van der Waals surface area contributed by atoms with Crippen molar-refractivity contribution in [3.63, 3.8) is 0 Å². The molecule has 1 radical (unpaired) electrons. The zero-order valence-corrected chi connectivity index (χ0v) is 8.59. The zero-order chi connectivity index (χ0) is 5.98. The van der Waals surface area contributed by atoms with Crippen LogP contribution in [0.3, 0.4) is 0 Å². The molecule has 2 atom stereocenters. The second kappa shape index (κ2) is 4.59. The van der Waals surface area contributed by atoms with Crippen molar-refractivity contribution in [2.24, 2.45) is 11.8 Å². The molecular formula is C7H12OY. The van der Waals surface area contributed by atoms with Crippen LogP contribution in [0.4, 0.5) is 0 Å². The second-order valence-corrected chi connectivity index (χ2v) is 2.54. The van der Waals surface area contributed by atoms with Crippen LogP contribution in [0.2, 0.25) is 0 Å². The Balaban J connectivity index is 0.000000640. The Labute approximate surface area is 81.4 Å². The molecule has 49 valence electrons. The first-order valence-electron chi connectivity index (χ1n) is 3.12. The number of rotatable bonds is 1. The van der Waals surface area contributed by atoms with Gasteiger partial charge in [0.05, 0.1) is 0 Å². The summed E-state index contributed by atoms with van der Waals surface area (Å²) in [6.07, 6.45) is 5.40. The molecule has 1 aliphatic rings. The molecule has 0 fully saturated rings. The predicted octanol–water partition coefficient (Wildman–Crippen LogP) is 1.19. The largest absolute Gasteiger partial charge is 0.396 e. The molecule has 0 spiro atoms. The first-order chi connectivity index (χ1) is 3.83. The summed E-state index contributed by atoms with van der Waals surface area (Å²) in [7, 11) is 0. The minimum absolute atomic E-state index is 0. The van der Waals surface area contributed by atoms with Gasteiger partial charge in [-0.05, 0) is 12.3 Å². The van der Waals surface area contributed by atoms with Gasteiger partial charge in [0.25, 0.3) is 0 Å². The molecule has 1 rings (SSSR count). The summed E-state index contributed by atoms with van der Waals surface area (Å²) < 4.78 is 0. The molecule has 1 aliphatic carbocycles. The van der Waals surface area contributed by atoms with E-state index in [2.05, 4.69) is 19.1 Å². The number of aliphatic hydroxyl groups is 1. The third-order valence-electron chi connectivity index (χ3n) is 1.62. The van der Waals surface area contributed by atoms with Crippen molar-refractivity contribution >= 4 is 0 Å². The Morgan fingerprint density at radius 3 is 2.44 bits per heavy atom. The van der Waals surface area contributed by atoms with Gasteiger partial charge in [0.1, 0.15) is 0 Å². The van der Waals surface area contributed by atoms with Crippen molar-refractivity contribution < 1.29 is 37.8 Å². The summed E-state index contributed by atoms with van der Waals surface area (Å²) in [5, 5.41) is 8.63. The van der Waals surface area contributed by atoms with E-state index in [4.69, 9.17) is 5.11 Å². The van der Waals surface area contributed by atoms with Gasteiger partial charge in [0.15, 0.2) is 0 Å². The maximum Gasteiger partial charge on any atom is 0.0494 e. The second-order valence-electron chi connectivity index (χ2n) is 2.54. The molecule has 0 aromatic rings. The molecule has 1 nitrogen and oxygen atoms in total. The van der Waals surface area contributed by atoms with Crippen molar-refractivity contribution in [2.45, 2.75) is 13.3 Å². The monoisotopic (exact) mass is 201 g/mol. The molecule has 9 heavy (non-hydrogen) atoms. The molecule has 0 aromatic carbocycles. The van der Waals surface area contributed by atoms with Gasteiger partial charge in [0, 0.05) is 45.2 Å². The number of allylic oxidation sites excluding steroid dienone is 1. The van der Waals surface area contributed by atoms with E-state index in [0.29, 0.717) is 18.4 Å². The predicted molar refractivity (Wildman–Crippen MR) is 33.5 cm³/mol. The average Bonchev–Trinajstić information content (AvgIpc) is 2.14. The Bertz CT molecular complexity index is 101. The smallest absolute Gasteiger partial charge is 0.0494 e. The number of aliphatic hydroxyl groups excluding tert-OH is 1. The van der Waals surface area contributed by atoms with E-state index in [9.17, 15) is 0 Å². The van der Waals surface area contributed by atoms with Crippen LogP contribution in [0, 0.1) is 11.8 Å². The fourth-order valence-corrected chi connectivity index (χ4v) is 1.12. The van der Waals surface area contributed by atoms with Crippen molar-refractivity contribution in [1.29, 1.82) is 0 Å². The summed E-state index contributed by atoms with van der Waals surface area (Å²) in [6, 6.07) is 0. The first-order valence-corrected chi connectivity index (χ1v) is 3.12. The van der Waals surface area contributed by atoms with Crippen LogP contribution >= 0.6 is 0 Å². The molecule has 1 N–H and O–H groups in total. The summed E-state index contributed by atoms with van der Waals surface area (Å²) in [6.45, 7) is 2.49. The quantitative estimate of drug-likeness (QED) is 0.631. The topological polar surface area (TPSA) is 20.2 Å². The molecule has 0 amide bonds. The summed E-state index contributed by atoms with van der Waals surface area (Å²) in [5.41, 5.74) is 0. The molecular weight excluding hydrogens is 189 g/mol. The zero-order valence-electron chi connectivity index (χ0n) is 5.75. The summed E-state index contributed by atoms with van der Waals surface area (Å²) >= 11 is 0. The van der Waals surface area contributed by atoms with Crippen molar-refractivity contribution in [1.82, 2.24) is 0 Å². The molecule has 2 heteroatoms. The standard InChI is InChI=1S/C7H12O.Y/c1-6-2-3-7(4-6)5-8;/h2-3,6-8H,4-5H2,1H3;/t6?,7-;/m1./s1. The average molecular weight is 201 g/mol. The first kappa shape index (κ1) is 9.80. The number of hydrogen-bond acceptors (Lipinski definition) is 1. The Morgan fingerprint density at radius 1 is 1.56 bits per heavy atom. The maximum atomic E-state index is 8.63. The molecule has 0 bridgehead atoms. The van der Waals surface area contributed by atoms with E-state index < -0.39 is 0 Å². The van der Waals surface area contributed by atoms with Crippen molar-refractivity contribution in [3.05, 3.63) is 12.2 Å². The van der Waals surface area contributed by atoms with E-state index in [1.807, 2.05) is 0 Å². The molecule has 0 saturated carbocycles. The normalized spacial score (nSPS) is 32.2. The SMILES string of the molecule is CC1C=C[C@@H](CO)C1.[Y]. The van der Waals surface area contributed by atoms with E-state index in [1.165, 1.54) is 0 Å². The molecule has 0 saturated heterocycles. The molecule has 1 unspecified atom stereocenters. The Kier molecular flexibility index (Phi) is 5.00. The number of hydrogen-bond donors (Lipinski definition) is 1. The van der Waals surface area contributed by atoms with Crippen LogP contribution in [0.5, 0.6) is 0 Å². The van der Waals surface area contributed by atoms with Gasteiger partial charge >= 0.3 is 0 Å². The van der Waals surface area contributed by atoms with Crippen LogP contribution in [-0.4, -0.2) is 11.7 Å². The maximum absolute atomic E-state index is 8.63. The summed E-state index contributed by atoms with van der Waals surface area (Å²) in [5.74, 6) is 1.14. The Hall–Kier alpha value is 0.804. The van der Waals surface area contributed by atoms with Gasteiger partial charge in [-0.3, -0.25) is 0 Å². The van der Waals surface area contributed by atoms with Gasteiger partial charge in [-0.2, -0.15) is 0 Å². The molecule has 0 aromatic heterocycles. The fraction of sp³-hybridized carbons (Fsp3) is 0.714. The van der Waals surface area contributed by atoms with Crippen LogP contribution < -0.4 is 0 Å². The van der Waals surface area contributed by atoms with Crippen molar-refractivity contribution in [3.8, 4) is 0 Å². The van der Waals surface area contributed by atoms with E-state index in [0.717, 1.165) is 6.42 Å². The van der Waals surface area contributed by atoms with E-state index in [-0.39, 0.29) is 32.7 Å². The van der Waals surface area contributed by atoms with Gasteiger partial charge in [-0.25, -0.2) is 0 Å².